The van der Waals surface area contributed by atoms with Crippen molar-refractivity contribution in [2.75, 3.05) is 9.80 Å². The number of halogens is 4. The SMILES string of the molecule is C=Cc1ccc(C2(c3cc(C)ccc3C)c3ccccc3-c3ccc(N(c4ccc(N(c5ccc6c(c5)C(c5ccc(C=C)cc5)(c5cc(C)ccc5C)c5ccccc5-6)c5cccc(F)c5F)cc4)c4cccc(F)c4F)cc32)cc1. The molecule has 0 radical (unpaired) electrons. The Bertz CT molecular complexity index is 4090. The highest BCUT2D eigenvalue weighted by atomic mass is 19.2. The van der Waals surface area contributed by atoms with Gasteiger partial charge in [0.2, 0.25) is 0 Å². The van der Waals surface area contributed by atoms with Crippen molar-refractivity contribution in [1.82, 2.24) is 0 Å². The van der Waals surface area contributed by atoms with Crippen molar-refractivity contribution in [3.8, 4) is 22.3 Å². The molecule has 0 N–H and O–H groups in total. The lowest BCUT2D eigenvalue weighted by molar-refractivity contribution is 0.510. The quantitative estimate of drug-likeness (QED) is 0.113. The molecule has 0 spiro atoms. The molecule has 11 aromatic carbocycles. The predicted molar refractivity (Wildman–Crippen MR) is 329 cm³/mol. The minimum atomic E-state index is -1.02. The molecule has 2 nitrogen and oxygen atoms in total. The van der Waals surface area contributed by atoms with E-state index in [1.165, 1.54) is 12.1 Å². The van der Waals surface area contributed by atoms with Gasteiger partial charge in [-0.1, -0.05) is 194 Å². The van der Waals surface area contributed by atoms with Gasteiger partial charge in [-0.05, 0) is 190 Å². The van der Waals surface area contributed by atoms with Crippen molar-refractivity contribution in [1.29, 1.82) is 0 Å². The third-order valence-corrected chi connectivity index (χ3v) is 17.0. The summed E-state index contributed by atoms with van der Waals surface area (Å²) in [7, 11) is 0. The van der Waals surface area contributed by atoms with Crippen molar-refractivity contribution in [2.45, 2.75) is 38.5 Å². The van der Waals surface area contributed by atoms with Crippen molar-refractivity contribution in [3.63, 3.8) is 0 Å². The summed E-state index contributed by atoms with van der Waals surface area (Å²) in [5.41, 5.74) is 19.5. The minimum Gasteiger partial charge on any atom is -0.308 e. The molecule has 2 atom stereocenters. The van der Waals surface area contributed by atoms with E-state index in [4.69, 9.17) is 0 Å². The topological polar surface area (TPSA) is 6.48 Å². The Morgan fingerprint density at radius 2 is 0.695 bits per heavy atom. The lowest BCUT2D eigenvalue weighted by Gasteiger charge is -2.36. The third-order valence-electron chi connectivity index (χ3n) is 17.0. The van der Waals surface area contributed by atoms with Gasteiger partial charge >= 0.3 is 0 Å². The zero-order chi connectivity index (χ0) is 56.6. The van der Waals surface area contributed by atoms with Crippen molar-refractivity contribution < 1.29 is 17.6 Å². The Balaban J connectivity index is 1.02. The van der Waals surface area contributed by atoms with Crippen LogP contribution in [0.2, 0.25) is 0 Å². The summed E-state index contributed by atoms with van der Waals surface area (Å²) in [6.45, 7) is 16.6. The molecule has 2 aliphatic rings. The summed E-state index contributed by atoms with van der Waals surface area (Å²) in [5, 5.41) is 0. The Labute approximate surface area is 476 Å². The average molecular weight is 1070 g/mol. The first-order chi connectivity index (χ1) is 39.9. The van der Waals surface area contributed by atoms with Gasteiger partial charge in [0.05, 0.1) is 22.2 Å². The normalized spacial score (nSPS) is 15.5. The first kappa shape index (κ1) is 51.6. The average Bonchev–Trinajstić information content (AvgIpc) is 4.20. The fourth-order valence-electron chi connectivity index (χ4n) is 13.3. The minimum absolute atomic E-state index is 0.00833. The van der Waals surface area contributed by atoms with Crippen molar-refractivity contribution in [3.05, 3.63) is 345 Å². The Morgan fingerprint density at radius 3 is 1.09 bits per heavy atom. The van der Waals surface area contributed by atoms with Gasteiger partial charge in [-0.3, -0.25) is 0 Å². The maximum atomic E-state index is 16.8. The maximum absolute atomic E-state index is 16.8. The van der Waals surface area contributed by atoms with Gasteiger partial charge in [0.15, 0.2) is 23.3 Å². The molecule has 0 heterocycles. The lowest BCUT2D eigenvalue weighted by Crippen LogP contribution is -2.30. The molecule has 11 aromatic rings. The molecule has 0 amide bonds. The van der Waals surface area contributed by atoms with Crippen LogP contribution in [0, 0.1) is 51.0 Å². The number of fused-ring (bicyclic) bond motifs is 6. The van der Waals surface area contributed by atoms with E-state index in [1.807, 2.05) is 48.6 Å². The van der Waals surface area contributed by atoms with Crippen LogP contribution in [0.15, 0.2) is 244 Å². The number of aryl methyl sites for hydroxylation is 4. The molecule has 0 aliphatic heterocycles. The van der Waals surface area contributed by atoms with Gasteiger partial charge in [-0.15, -0.1) is 0 Å². The molecule has 82 heavy (non-hydrogen) atoms. The molecule has 2 unspecified atom stereocenters. The van der Waals surface area contributed by atoms with Crippen LogP contribution in [0.5, 0.6) is 0 Å². The fourth-order valence-corrected chi connectivity index (χ4v) is 13.3. The summed E-state index contributed by atoms with van der Waals surface area (Å²) < 4.78 is 65.0. The zero-order valence-electron chi connectivity index (χ0n) is 45.9. The van der Waals surface area contributed by atoms with E-state index < -0.39 is 34.1 Å². The molecular weight excluding hydrogens is 1020 g/mol. The number of hydrogen-bond acceptors (Lipinski definition) is 2. The van der Waals surface area contributed by atoms with Crippen LogP contribution in [-0.4, -0.2) is 0 Å². The van der Waals surface area contributed by atoms with Crippen LogP contribution in [0.25, 0.3) is 34.4 Å². The Kier molecular flexibility index (Phi) is 12.7. The van der Waals surface area contributed by atoms with E-state index in [-0.39, 0.29) is 11.4 Å². The second-order valence-corrected chi connectivity index (χ2v) is 21.7. The van der Waals surface area contributed by atoms with Crippen LogP contribution in [0.1, 0.15) is 77.9 Å². The smallest absolute Gasteiger partial charge is 0.182 e. The molecule has 0 saturated carbocycles. The van der Waals surface area contributed by atoms with Gasteiger partial charge in [0, 0.05) is 22.7 Å². The Hall–Kier alpha value is -9.78. The lowest BCUT2D eigenvalue weighted by atomic mass is 9.66. The number of anilines is 6. The standard InChI is InChI=1S/C76H56F4N2/c1-7-51-27-31-53(32-28-51)75(65-43-47(3)23-25-49(65)5)63-17-11-9-15-59(63)61-41-39-57(45-67(61)75)81(71-21-13-19-69(77)73(71)79)55-35-37-56(38-36-55)82(72-22-14-20-70(78)74(72)80)58-40-42-62-60-16-10-12-18-64(60)76(68(62)46-58,54-33-29-52(8-2)30-34-54)66-44-48(4)24-26-50(66)6/h7-46H,1-2H2,3-6H3. The highest BCUT2D eigenvalue weighted by Crippen LogP contribution is 2.60. The van der Waals surface area contributed by atoms with Crippen molar-refractivity contribution in [2.24, 2.45) is 0 Å². The highest BCUT2D eigenvalue weighted by molar-refractivity contribution is 5.92. The fraction of sp³-hybridized carbons (Fsp3) is 0.0789. The number of benzene rings is 11. The first-order valence-electron chi connectivity index (χ1n) is 27.6. The number of nitrogens with zero attached hydrogens (tertiary/aromatic N) is 2. The number of rotatable bonds is 12. The first-order valence-corrected chi connectivity index (χ1v) is 27.6. The summed E-state index contributed by atoms with van der Waals surface area (Å²) in [4.78, 5) is 3.46. The largest absolute Gasteiger partial charge is 0.308 e. The van der Waals surface area contributed by atoms with Gasteiger partial charge in [-0.2, -0.15) is 0 Å². The van der Waals surface area contributed by atoms with Crippen LogP contribution >= 0.6 is 0 Å². The molecule has 0 saturated heterocycles. The van der Waals surface area contributed by atoms with Gasteiger partial charge in [0.1, 0.15) is 0 Å². The van der Waals surface area contributed by atoms with Crippen LogP contribution in [0.4, 0.5) is 51.7 Å². The van der Waals surface area contributed by atoms with E-state index in [2.05, 4.69) is 199 Å². The van der Waals surface area contributed by atoms with E-state index >= 15 is 17.6 Å². The molecule has 398 valence electrons. The van der Waals surface area contributed by atoms with Gasteiger partial charge < -0.3 is 9.80 Å². The van der Waals surface area contributed by atoms with Crippen LogP contribution in [0.3, 0.4) is 0 Å². The van der Waals surface area contributed by atoms with Crippen LogP contribution in [-0.2, 0) is 10.8 Å². The van der Waals surface area contributed by atoms with E-state index in [9.17, 15) is 0 Å². The summed E-state index contributed by atoms with van der Waals surface area (Å²) in [6, 6.07) is 75.0. The molecule has 0 fully saturated rings. The highest BCUT2D eigenvalue weighted by Gasteiger charge is 2.49. The van der Waals surface area contributed by atoms with E-state index in [0.717, 1.165) is 112 Å². The zero-order valence-corrected chi connectivity index (χ0v) is 45.9. The number of hydrogen-bond donors (Lipinski definition) is 0. The molecule has 13 rings (SSSR count). The second kappa shape index (κ2) is 20.1. The summed E-state index contributed by atoms with van der Waals surface area (Å²) >= 11 is 0. The van der Waals surface area contributed by atoms with Gasteiger partial charge in [-0.25, -0.2) is 17.6 Å². The Morgan fingerprint density at radius 1 is 0.329 bits per heavy atom. The van der Waals surface area contributed by atoms with Crippen LogP contribution < -0.4 is 9.80 Å². The van der Waals surface area contributed by atoms with Gasteiger partial charge in [0.25, 0.3) is 0 Å². The molecular formula is C76H56F4N2. The maximum Gasteiger partial charge on any atom is 0.182 e. The second-order valence-electron chi connectivity index (χ2n) is 21.7. The summed E-state index contributed by atoms with van der Waals surface area (Å²) in [6.07, 6.45) is 3.67. The predicted octanol–water partition coefficient (Wildman–Crippen LogP) is 20.4. The monoisotopic (exact) mass is 1070 g/mol. The van der Waals surface area contributed by atoms with E-state index in [0.29, 0.717) is 22.7 Å². The molecule has 6 heteroatoms. The molecule has 2 aliphatic carbocycles. The third kappa shape index (κ3) is 7.91. The van der Waals surface area contributed by atoms with Crippen molar-refractivity contribution >= 4 is 46.3 Å². The summed E-state index contributed by atoms with van der Waals surface area (Å²) in [5.74, 6) is -4.05. The molecule has 0 bridgehead atoms. The van der Waals surface area contributed by atoms with E-state index in [1.54, 1.807) is 21.9 Å². The molecule has 0 aromatic heterocycles.